The second kappa shape index (κ2) is 6.34. The summed E-state index contributed by atoms with van der Waals surface area (Å²) >= 11 is 0. The maximum atomic E-state index is 6.21. The van der Waals surface area contributed by atoms with Crippen LogP contribution in [0.1, 0.15) is 61.0 Å². The molecule has 2 heterocycles. The van der Waals surface area contributed by atoms with Gasteiger partial charge >= 0.3 is 7.12 Å². The molecule has 144 valence electrons. The van der Waals surface area contributed by atoms with Crippen molar-refractivity contribution >= 4 is 12.6 Å². The van der Waals surface area contributed by atoms with Crippen LogP contribution in [0.2, 0.25) is 0 Å². The van der Waals surface area contributed by atoms with Crippen LogP contribution in [0.25, 0.3) is 0 Å². The summed E-state index contributed by atoms with van der Waals surface area (Å²) in [7, 11) is -0.308. The van der Waals surface area contributed by atoms with Crippen LogP contribution < -0.4 is 5.46 Å². The molecule has 0 atom stereocenters. The Morgan fingerprint density at radius 1 is 0.885 bits per heavy atom. The van der Waals surface area contributed by atoms with E-state index >= 15 is 0 Å². The van der Waals surface area contributed by atoms with E-state index in [1.54, 1.807) is 0 Å². The fraction of sp³-hybridized carbons (Fsp3) is 0.714. The topological polar surface area (TPSA) is 30.9 Å². The number of morpholine rings is 1. The highest BCUT2D eigenvalue weighted by molar-refractivity contribution is 6.62. The van der Waals surface area contributed by atoms with Gasteiger partial charge in [0.1, 0.15) is 0 Å². The van der Waals surface area contributed by atoms with Crippen molar-refractivity contribution in [1.82, 2.24) is 4.90 Å². The summed E-state index contributed by atoms with van der Waals surface area (Å²) in [6, 6.07) is 8.60. The normalized spacial score (nSPS) is 26.8. The summed E-state index contributed by atoms with van der Waals surface area (Å²) in [5.41, 5.74) is 1.48. The lowest BCUT2D eigenvalue weighted by atomic mass is 9.78. The summed E-state index contributed by atoms with van der Waals surface area (Å²) in [5.74, 6) is 0. The smallest absolute Gasteiger partial charge is 0.399 e. The van der Waals surface area contributed by atoms with Crippen LogP contribution in [0.15, 0.2) is 24.3 Å². The Morgan fingerprint density at radius 2 is 1.42 bits per heavy atom. The Hall–Kier alpha value is -0.875. The fourth-order valence-electron chi connectivity index (χ4n) is 4.13. The molecule has 2 aliphatic rings. The molecular formula is C21H34BNO3. The Balaban J connectivity index is 1.75. The molecule has 0 amide bonds. The first-order chi connectivity index (χ1) is 11.8. The van der Waals surface area contributed by atoms with Gasteiger partial charge in [0.05, 0.1) is 22.4 Å². The highest BCUT2D eigenvalue weighted by Gasteiger charge is 2.51. The second-order valence-electron chi connectivity index (χ2n) is 10.1. The second-order valence-corrected chi connectivity index (χ2v) is 10.1. The molecule has 2 aliphatic heterocycles. The van der Waals surface area contributed by atoms with Gasteiger partial charge < -0.3 is 14.0 Å². The number of ether oxygens (including phenoxy) is 1. The standard InChI is InChI=1S/C21H34BNO3/c1-18(2)14-23(15-19(3,4)24-18)13-16-10-9-11-17(12-16)22-25-20(5,6)21(7,8)26-22/h9-12H,13-15H2,1-8H3. The van der Waals surface area contributed by atoms with Gasteiger partial charge in [-0.15, -0.1) is 0 Å². The van der Waals surface area contributed by atoms with Crippen LogP contribution in [-0.2, 0) is 20.6 Å². The quantitative estimate of drug-likeness (QED) is 0.775. The van der Waals surface area contributed by atoms with Crippen molar-refractivity contribution in [2.75, 3.05) is 13.1 Å². The molecule has 2 fully saturated rings. The lowest BCUT2D eigenvalue weighted by Crippen LogP contribution is -2.56. The minimum absolute atomic E-state index is 0.134. The van der Waals surface area contributed by atoms with Gasteiger partial charge in [0, 0.05) is 19.6 Å². The first-order valence-electron chi connectivity index (χ1n) is 9.66. The maximum absolute atomic E-state index is 6.21. The van der Waals surface area contributed by atoms with Gasteiger partial charge in [-0.05, 0) is 66.4 Å². The number of benzene rings is 1. The summed E-state index contributed by atoms with van der Waals surface area (Å²) < 4.78 is 18.6. The molecule has 4 nitrogen and oxygen atoms in total. The van der Waals surface area contributed by atoms with E-state index in [2.05, 4.69) is 84.6 Å². The molecule has 3 rings (SSSR count). The van der Waals surface area contributed by atoms with Gasteiger partial charge in [0.15, 0.2) is 0 Å². The molecule has 26 heavy (non-hydrogen) atoms. The third-order valence-electron chi connectivity index (χ3n) is 5.64. The van der Waals surface area contributed by atoms with Gasteiger partial charge in [-0.3, -0.25) is 4.90 Å². The van der Waals surface area contributed by atoms with E-state index in [0.29, 0.717) is 0 Å². The maximum Gasteiger partial charge on any atom is 0.494 e. The van der Waals surface area contributed by atoms with E-state index in [-0.39, 0.29) is 29.5 Å². The molecule has 0 spiro atoms. The highest BCUT2D eigenvalue weighted by Crippen LogP contribution is 2.36. The summed E-state index contributed by atoms with van der Waals surface area (Å²) in [6.07, 6.45) is 0. The third-order valence-corrected chi connectivity index (χ3v) is 5.64. The fourth-order valence-corrected chi connectivity index (χ4v) is 4.13. The zero-order valence-electron chi connectivity index (χ0n) is 17.7. The van der Waals surface area contributed by atoms with Crippen molar-refractivity contribution in [1.29, 1.82) is 0 Å². The zero-order chi connectivity index (χ0) is 19.4. The largest absolute Gasteiger partial charge is 0.494 e. The van der Waals surface area contributed by atoms with E-state index in [4.69, 9.17) is 14.0 Å². The Bertz CT molecular complexity index is 637. The minimum Gasteiger partial charge on any atom is -0.399 e. The molecule has 0 bridgehead atoms. The molecule has 0 aromatic heterocycles. The van der Waals surface area contributed by atoms with Gasteiger partial charge in [-0.1, -0.05) is 24.3 Å². The Kier molecular flexibility index (Phi) is 4.84. The van der Waals surface area contributed by atoms with Gasteiger partial charge in [-0.25, -0.2) is 0 Å². The van der Waals surface area contributed by atoms with Crippen LogP contribution in [0.3, 0.4) is 0 Å². The number of rotatable bonds is 3. The van der Waals surface area contributed by atoms with Crippen LogP contribution in [-0.4, -0.2) is 47.5 Å². The molecule has 0 radical (unpaired) electrons. The number of hydrogen-bond donors (Lipinski definition) is 0. The van der Waals surface area contributed by atoms with E-state index in [9.17, 15) is 0 Å². The average Bonchev–Trinajstić information content (AvgIpc) is 2.64. The van der Waals surface area contributed by atoms with Crippen molar-refractivity contribution in [3.05, 3.63) is 29.8 Å². The first-order valence-corrected chi connectivity index (χ1v) is 9.66. The highest BCUT2D eigenvalue weighted by atomic mass is 16.7. The third kappa shape index (κ3) is 4.17. The summed E-state index contributed by atoms with van der Waals surface area (Å²) in [6.45, 7) is 19.8. The molecule has 1 aromatic carbocycles. The van der Waals surface area contributed by atoms with Crippen molar-refractivity contribution in [3.63, 3.8) is 0 Å². The molecule has 1 aromatic rings. The molecule has 0 aliphatic carbocycles. The van der Waals surface area contributed by atoms with Crippen molar-refractivity contribution in [3.8, 4) is 0 Å². The monoisotopic (exact) mass is 359 g/mol. The first kappa shape index (κ1) is 19.9. The molecule has 0 unspecified atom stereocenters. The van der Waals surface area contributed by atoms with Crippen LogP contribution in [0.4, 0.5) is 0 Å². The van der Waals surface area contributed by atoms with Crippen LogP contribution in [0.5, 0.6) is 0 Å². The van der Waals surface area contributed by atoms with Crippen molar-refractivity contribution in [2.24, 2.45) is 0 Å². The van der Waals surface area contributed by atoms with Crippen molar-refractivity contribution < 1.29 is 14.0 Å². The lowest BCUT2D eigenvalue weighted by Gasteiger charge is -2.47. The van der Waals surface area contributed by atoms with E-state index in [1.165, 1.54) is 5.56 Å². The van der Waals surface area contributed by atoms with E-state index < -0.39 is 0 Å². The van der Waals surface area contributed by atoms with Crippen molar-refractivity contribution in [2.45, 2.75) is 84.3 Å². The predicted molar refractivity (Wildman–Crippen MR) is 107 cm³/mol. The predicted octanol–water partition coefficient (Wildman–Crippen LogP) is 3.38. The van der Waals surface area contributed by atoms with E-state index in [1.807, 2.05) is 0 Å². The molecular weight excluding hydrogens is 325 g/mol. The van der Waals surface area contributed by atoms with Gasteiger partial charge in [-0.2, -0.15) is 0 Å². The lowest BCUT2D eigenvalue weighted by molar-refractivity contribution is -0.182. The molecule has 0 saturated carbocycles. The van der Waals surface area contributed by atoms with Crippen LogP contribution in [0, 0.1) is 0 Å². The number of nitrogens with zero attached hydrogens (tertiary/aromatic N) is 1. The van der Waals surface area contributed by atoms with Crippen LogP contribution >= 0.6 is 0 Å². The Labute approximate surface area is 159 Å². The van der Waals surface area contributed by atoms with Gasteiger partial charge in [0.2, 0.25) is 0 Å². The minimum atomic E-state index is -0.314. The molecule has 5 heteroatoms. The SMILES string of the molecule is CC1(C)CN(Cc2cccc(B3OC(C)(C)C(C)(C)O3)c2)CC(C)(C)O1. The molecule has 0 N–H and O–H groups in total. The summed E-state index contributed by atoms with van der Waals surface area (Å²) in [4.78, 5) is 2.48. The Morgan fingerprint density at radius 3 is 1.96 bits per heavy atom. The summed E-state index contributed by atoms with van der Waals surface area (Å²) in [5, 5.41) is 0. The number of hydrogen-bond acceptors (Lipinski definition) is 4. The van der Waals surface area contributed by atoms with E-state index in [0.717, 1.165) is 25.1 Å². The zero-order valence-corrected chi connectivity index (χ0v) is 17.7. The average molecular weight is 359 g/mol. The van der Waals surface area contributed by atoms with Gasteiger partial charge in [0.25, 0.3) is 0 Å². The molecule has 2 saturated heterocycles.